The largest absolute Gasteiger partial charge is 0.510 e. The Morgan fingerprint density at radius 3 is 2.59 bits per heavy atom. The van der Waals surface area contributed by atoms with Crippen LogP contribution >= 0.6 is 11.6 Å². The van der Waals surface area contributed by atoms with Crippen molar-refractivity contribution in [3.63, 3.8) is 0 Å². The van der Waals surface area contributed by atoms with E-state index in [1.165, 1.54) is 0 Å². The fourth-order valence-corrected chi connectivity index (χ4v) is 7.82. The van der Waals surface area contributed by atoms with E-state index in [2.05, 4.69) is 5.32 Å². The van der Waals surface area contributed by atoms with Crippen LogP contribution in [0.15, 0.2) is 59.1 Å². The average molecular weight is 622 g/mol. The van der Waals surface area contributed by atoms with Gasteiger partial charge in [0.2, 0.25) is 5.78 Å². The zero-order valence-corrected chi connectivity index (χ0v) is 25.4. The molecule has 10 nitrogen and oxygen atoms in total. The highest BCUT2D eigenvalue weighted by Crippen LogP contribution is 2.53. The molecule has 44 heavy (non-hydrogen) atoms. The van der Waals surface area contributed by atoms with Gasteiger partial charge in [0.05, 0.1) is 11.6 Å². The van der Waals surface area contributed by atoms with Crippen LogP contribution in [-0.2, 0) is 22.6 Å². The fraction of sp³-hybridized carbons (Fsp3) is 0.424. The Balaban J connectivity index is 1.51. The summed E-state index contributed by atoms with van der Waals surface area (Å²) in [5.41, 5.74) is 4.39. The van der Waals surface area contributed by atoms with Gasteiger partial charge in [-0.15, -0.1) is 0 Å². The molecule has 6 rings (SSSR count). The smallest absolute Gasteiger partial charge is 0.255 e. The van der Waals surface area contributed by atoms with Crippen molar-refractivity contribution in [3.8, 4) is 5.75 Å². The number of aliphatic hydroxyl groups is 3. The summed E-state index contributed by atoms with van der Waals surface area (Å²) in [5.74, 6) is -5.85. The van der Waals surface area contributed by atoms with Crippen LogP contribution in [0, 0.1) is 11.8 Å². The highest BCUT2D eigenvalue weighted by molar-refractivity contribution is 6.33. The number of aliphatic hydroxyl groups excluding tert-OH is 2. The lowest BCUT2D eigenvalue weighted by molar-refractivity contribution is -0.148. The van der Waals surface area contributed by atoms with Crippen LogP contribution in [0.1, 0.15) is 59.3 Å². The molecule has 2 aromatic rings. The summed E-state index contributed by atoms with van der Waals surface area (Å²) < 4.78 is 6.26. The number of ether oxygens (including phenoxy) is 1. The molecule has 4 aliphatic rings. The minimum atomic E-state index is -2.65. The number of halogens is 1. The molecule has 6 N–H and O–H groups in total. The number of ketones is 2. The quantitative estimate of drug-likeness (QED) is 0.291. The molecule has 1 saturated heterocycles. The van der Waals surface area contributed by atoms with Crippen molar-refractivity contribution in [1.82, 2.24) is 10.2 Å². The number of allylic oxidation sites excluding steroid dienone is 1. The summed E-state index contributed by atoms with van der Waals surface area (Å²) in [7, 11) is 1.67. The van der Waals surface area contributed by atoms with Gasteiger partial charge in [-0.2, -0.15) is 0 Å². The van der Waals surface area contributed by atoms with Gasteiger partial charge in [0.1, 0.15) is 29.4 Å². The van der Waals surface area contributed by atoms with Crippen LogP contribution in [0.4, 0.5) is 0 Å². The second-order valence-electron chi connectivity index (χ2n) is 12.1. The molecule has 1 unspecified atom stereocenters. The molecule has 1 heterocycles. The van der Waals surface area contributed by atoms with Crippen LogP contribution in [0.2, 0.25) is 5.02 Å². The topological polar surface area (TPSA) is 162 Å². The number of primary amides is 1. The molecule has 1 fully saturated rings. The first-order chi connectivity index (χ1) is 21.0. The Morgan fingerprint density at radius 1 is 1.23 bits per heavy atom. The van der Waals surface area contributed by atoms with Crippen molar-refractivity contribution in [2.75, 3.05) is 20.1 Å². The number of amides is 1. The maximum absolute atomic E-state index is 14.4. The second kappa shape index (κ2) is 11.3. The number of likely N-dealkylation sites (N-methyl/N-ethyl adjacent to an activating group) is 1. The van der Waals surface area contributed by atoms with E-state index in [-0.39, 0.29) is 36.6 Å². The summed E-state index contributed by atoms with van der Waals surface area (Å²) in [6, 6.07) is 10.2. The van der Waals surface area contributed by atoms with Crippen LogP contribution < -0.4 is 15.8 Å². The number of rotatable bonds is 7. The van der Waals surface area contributed by atoms with Gasteiger partial charge in [0.25, 0.3) is 5.91 Å². The molecule has 1 amide bonds. The van der Waals surface area contributed by atoms with Gasteiger partial charge < -0.3 is 31.1 Å². The third kappa shape index (κ3) is 4.54. The van der Waals surface area contributed by atoms with Crippen molar-refractivity contribution in [1.29, 1.82) is 0 Å². The van der Waals surface area contributed by atoms with Gasteiger partial charge in [0.15, 0.2) is 11.4 Å². The lowest BCUT2D eigenvalue weighted by atomic mass is 9.58. The number of carbonyl (C=O) groups excluding carboxylic acids is 3. The van der Waals surface area contributed by atoms with Gasteiger partial charge in [-0.25, -0.2) is 0 Å². The first kappa shape index (κ1) is 30.3. The molecule has 0 aromatic heterocycles. The molecule has 0 bridgehead atoms. The zero-order valence-electron chi connectivity index (χ0n) is 24.6. The number of hydrogen-bond acceptors (Lipinski definition) is 9. The molecular weight excluding hydrogens is 586 g/mol. The molecule has 0 saturated carbocycles. The van der Waals surface area contributed by atoms with Crippen LogP contribution in [0.3, 0.4) is 0 Å². The predicted octanol–water partition coefficient (Wildman–Crippen LogP) is 3.46. The number of Topliss-reactive ketones (excluding diaryl/α,β-unsaturated/α-hetero) is 2. The first-order valence-corrected chi connectivity index (χ1v) is 15.3. The molecular formula is C33H36ClN3O7. The van der Waals surface area contributed by atoms with Crippen LogP contribution in [0.25, 0.3) is 0 Å². The Labute approximate surface area is 260 Å². The molecule has 3 aliphatic carbocycles. The number of benzene rings is 2. The predicted molar refractivity (Wildman–Crippen MR) is 162 cm³/mol. The second-order valence-corrected chi connectivity index (χ2v) is 12.5. The molecule has 5 atom stereocenters. The Bertz CT molecular complexity index is 1610. The van der Waals surface area contributed by atoms with E-state index in [1.807, 2.05) is 37.3 Å². The first-order valence-electron chi connectivity index (χ1n) is 14.9. The lowest BCUT2D eigenvalue weighted by Crippen LogP contribution is -2.64. The van der Waals surface area contributed by atoms with Crippen LogP contribution in [-0.4, -0.2) is 69.5 Å². The number of carbonyl (C=O) groups is 3. The number of hydrogen-bond donors (Lipinski definition) is 5. The minimum absolute atomic E-state index is 0.0170. The molecule has 2 aromatic carbocycles. The van der Waals surface area contributed by atoms with E-state index < -0.39 is 58.0 Å². The number of nitrogens with one attached hydrogen (secondary N) is 1. The van der Waals surface area contributed by atoms with E-state index in [4.69, 9.17) is 22.1 Å². The molecule has 1 aliphatic heterocycles. The highest BCUT2D eigenvalue weighted by atomic mass is 35.5. The van der Waals surface area contributed by atoms with E-state index in [0.29, 0.717) is 22.9 Å². The normalized spacial score (nSPS) is 28.2. The van der Waals surface area contributed by atoms with Crippen molar-refractivity contribution in [2.24, 2.45) is 17.6 Å². The molecule has 0 radical (unpaired) electrons. The van der Waals surface area contributed by atoms with E-state index in [1.54, 1.807) is 18.0 Å². The Hall–Kier alpha value is -3.70. The minimum Gasteiger partial charge on any atom is -0.510 e. The number of fused-ring (bicyclic) bond motifs is 3. The summed E-state index contributed by atoms with van der Waals surface area (Å²) in [6.07, 6.45) is 2.14. The van der Waals surface area contributed by atoms with Crippen molar-refractivity contribution in [3.05, 3.63) is 86.3 Å². The van der Waals surface area contributed by atoms with Crippen molar-refractivity contribution < 1.29 is 34.4 Å². The fourth-order valence-electron chi connectivity index (χ4n) is 7.46. The van der Waals surface area contributed by atoms with E-state index in [9.17, 15) is 29.7 Å². The number of nitrogens with zero attached hydrogens (tertiary/aromatic N) is 1. The van der Waals surface area contributed by atoms with Gasteiger partial charge >= 0.3 is 0 Å². The Morgan fingerprint density at radius 2 is 1.95 bits per heavy atom. The average Bonchev–Trinajstić information content (AvgIpc) is 3.54. The maximum Gasteiger partial charge on any atom is 0.255 e. The van der Waals surface area contributed by atoms with Gasteiger partial charge in [-0.05, 0) is 74.5 Å². The van der Waals surface area contributed by atoms with Crippen LogP contribution in [0.5, 0.6) is 5.75 Å². The SMILES string of the molecule is CCN(C)[C@@H]1C(O)=C(C(N)=O)C(=O)[C@@]2(O)C(O)=C3C(=O)c4c(OCc5ccccc5)cc(C5CCCN5)c(Cl)c4C[C@H]3C[C@@H]12. The Kier molecular flexibility index (Phi) is 7.82. The summed E-state index contributed by atoms with van der Waals surface area (Å²) in [5, 5.41) is 38.7. The van der Waals surface area contributed by atoms with Crippen molar-refractivity contribution >= 4 is 29.1 Å². The summed E-state index contributed by atoms with van der Waals surface area (Å²) in [6.45, 7) is 3.21. The maximum atomic E-state index is 14.4. The zero-order chi connectivity index (χ0) is 31.5. The van der Waals surface area contributed by atoms with Gasteiger partial charge in [0, 0.05) is 22.6 Å². The third-order valence-corrected chi connectivity index (χ3v) is 10.2. The monoisotopic (exact) mass is 621 g/mol. The van der Waals surface area contributed by atoms with Gasteiger partial charge in [-0.3, -0.25) is 19.3 Å². The number of nitrogens with two attached hydrogens (primary N) is 1. The van der Waals surface area contributed by atoms with Gasteiger partial charge in [-0.1, -0.05) is 48.9 Å². The third-order valence-electron chi connectivity index (χ3n) is 9.76. The summed E-state index contributed by atoms with van der Waals surface area (Å²) >= 11 is 7.06. The molecule has 11 heteroatoms. The molecule has 0 spiro atoms. The van der Waals surface area contributed by atoms with E-state index >= 15 is 0 Å². The lowest BCUT2D eigenvalue weighted by Gasteiger charge is -2.50. The van der Waals surface area contributed by atoms with E-state index in [0.717, 1.165) is 30.5 Å². The summed E-state index contributed by atoms with van der Waals surface area (Å²) in [4.78, 5) is 42.0. The molecule has 232 valence electrons. The van der Waals surface area contributed by atoms with Crippen molar-refractivity contribution in [2.45, 2.75) is 56.9 Å². The highest BCUT2D eigenvalue weighted by Gasteiger charge is 2.63. The standard InChI is InChI=1S/C33H36ClN3O7/c1-3-37(2)27-20-13-17-12-19-24(28(38)23(17)30(40)33(20,43)31(41)25(29(27)39)32(35)42)22(44-15-16-8-5-4-6-9-16)14-18(26(19)34)21-10-7-11-36-21/h4-6,8-9,14,17,20-21,27,36,39-40,43H,3,7,10-13,15H2,1-2H3,(H2,35,42)/t17-,20-,21?,27-,33-/m0/s1.